The number of allylic oxidation sites excluding steroid dienone is 1. The minimum atomic E-state index is -1.43. The molecule has 1 spiro atoms. The number of ketones is 2. The first-order chi connectivity index (χ1) is 13.4. The molecule has 0 saturated carbocycles. The van der Waals surface area contributed by atoms with Crippen LogP contribution in [0.15, 0.2) is 17.4 Å². The Balaban J connectivity index is 2.27. The van der Waals surface area contributed by atoms with Crippen molar-refractivity contribution in [1.82, 2.24) is 0 Å². The van der Waals surface area contributed by atoms with E-state index >= 15 is 0 Å². The number of fused-ring (bicyclic) bond motifs is 1. The lowest BCUT2D eigenvalue weighted by molar-refractivity contribution is -0.120. The van der Waals surface area contributed by atoms with Crippen LogP contribution in [0.4, 0.5) is 0 Å². The average molecular weight is 409 g/mol. The summed E-state index contributed by atoms with van der Waals surface area (Å²) in [5.74, 6) is 0.424. The Morgan fingerprint density at radius 2 is 1.89 bits per heavy atom. The van der Waals surface area contributed by atoms with Gasteiger partial charge in [-0.2, -0.15) is 0 Å². The largest absolute Gasteiger partial charge is 0.496 e. The first kappa shape index (κ1) is 20.5. The van der Waals surface area contributed by atoms with Gasteiger partial charge < -0.3 is 18.9 Å². The Bertz CT molecular complexity index is 859. The van der Waals surface area contributed by atoms with Crippen molar-refractivity contribution >= 4 is 23.2 Å². The minimum absolute atomic E-state index is 0.0188. The molecule has 1 aliphatic carbocycles. The summed E-state index contributed by atoms with van der Waals surface area (Å²) in [6.07, 6.45) is 1.38. The molecule has 0 radical (unpaired) electrons. The molecule has 0 fully saturated rings. The third-order valence-corrected chi connectivity index (χ3v) is 5.71. The van der Waals surface area contributed by atoms with Crippen LogP contribution in [-0.4, -0.2) is 38.0 Å². The van der Waals surface area contributed by atoms with Crippen LogP contribution in [0.25, 0.3) is 0 Å². The standard InChI is InChI=1S/C21H25ClO6/c1-6-8-27-20-12(7-2)13(23)9-11(3)21(20)19(24)16-14(25-4)10-15(26-5)17(22)18(16)28-21/h10-11H,6-9H2,1-5H3. The minimum Gasteiger partial charge on any atom is -0.496 e. The van der Waals surface area contributed by atoms with Crippen molar-refractivity contribution in [3.63, 3.8) is 0 Å². The highest BCUT2D eigenvalue weighted by molar-refractivity contribution is 6.35. The van der Waals surface area contributed by atoms with Gasteiger partial charge in [0, 0.05) is 24.0 Å². The van der Waals surface area contributed by atoms with Crippen LogP contribution < -0.4 is 14.2 Å². The quantitative estimate of drug-likeness (QED) is 0.696. The maximum Gasteiger partial charge on any atom is 0.231 e. The summed E-state index contributed by atoms with van der Waals surface area (Å²) in [5.41, 5.74) is -0.683. The molecular formula is C21H25ClO6. The van der Waals surface area contributed by atoms with Gasteiger partial charge in [0.1, 0.15) is 22.1 Å². The van der Waals surface area contributed by atoms with Crippen molar-refractivity contribution < 1.29 is 28.5 Å². The number of hydrogen-bond acceptors (Lipinski definition) is 6. The third kappa shape index (κ3) is 2.77. The fraction of sp³-hybridized carbons (Fsp3) is 0.524. The second-order valence-corrected chi connectivity index (χ2v) is 7.38. The maximum absolute atomic E-state index is 13.7. The molecule has 152 valence electrons. The Morgan fingerprint density at radius 3 is 2.46 bits per heavy atom. The van der Waals surface area contributed by atoms with Crippen molar-refractivity contribution in [3.05, 3.63) is 28.0 Å². The van der Waals surface area contributed by atoms with Gasteiger partial charge in [0.15, 0.2) is 17.3 Å². The van der Waals surface area contributed by atoms with Crippen molar-refractivity contribution in [1.29, 1.82) is 0 Å². The SMILES string of the molecule is CCCOC1=C(CC)C(=O)CC(C)C12Oc1c(Cl)c(OC)cc(OC)c1C2=O. The van der Waals surface area contributed by atoms with Crippen LogP contribution in [-0.2, 0) is 9.53 Å². The predicted molar refractivity (Wildman–Crippen MR) is 105 cm³/mol. The summed E-state index contributed by atoms with van der Waals surface area (Å²) in [4.78, 5) is 26.4. The number of rotatable bonds is 6. The van der Waals surface area contributed by atoms with Gasteiger partial charge in [-0.25, -0.2) is 0 Å². The van der Waals surface area contributed by atoms with Gasteiger partial charge in [0.25, 0.3) is 0 Å². The maximum atomic E-state index is 13.7. The van der Waals surface area contributed by atoms with Crippen LogP contribution in [0.3, 0.4) is 0 Å². The molecule has 0 amide bonds. The number of carbonyl (C=O) groups excluding carboxylic acids is 2. The predicted octanol–water partition coefficient (Wildman–Crippen LogP) is 4.37. The van der Waals surface area contributed by atoms with E-state index < -0.39 is 11.5 Å². The lowest BCUT2D eigenvalue weighted by Crippen LogP contribution is -2.53. The molecule has 0 bridgehead atoms. The molecule has 2 aliphatic rings. The molecule has 3 rings (SSSR count). The van der Waals surface area contributed by atoms with Crippen LogP contribution in [0, 0.1) is 5.92 Å². The fourth-order valence-corrected chi connectivity index (χ4v) is 4.22. The highest BCUT2D eigenvalue weighted by Crippen LogP contribution is 2.55. The van der Waals surface area contributed by atoms with Gasteiger partial charge in [-0.3, -0.25) is 9.59 Å². The molecule has 0 N–H and O–H groups in total. The van der Waals surface area contributed by atoms with Gasteiger partial charge in [-0.1, -0.05) is 32.4 Å². The first-order valence-electron chi connectivity index (χ1n) is 9.45. The number of carbonyl (C=O) groups is 2. The Hall–Kier alpha value is -2.21. The van der Waals surface area contributed by atoms with Crippen molar-refractivity contribution in [2.75, 3.05) is 20.8 Å². The second kappa shape index (κ2) is 7.66. The third-order valence-electron chi connectivity index (χ3n) is 5.36. The molecule has 2 unspecified atom stereocenters. The smallest absolute Gasteiger partial charge is 0.231 e. The monoisotopic (exact) mass is 408 g/mol. The molecule has 6 nitrogen and oxygen atoms in total. The van der Waals surface area contributed by atoms with Crippen LogP contribution in [0.5, 0.6) is 17.2 Å². The fourth-order valence-electron chi connectivity index (χ4n) is 3.95. The molecule has 2 atom stereocenters. The van der Waals surface area contributed by atoms with Crippen LogP contribution in [0.1, 0.15) is 50.4 Å². The topological polar surface area (TPSA) is 71.1 Å². The van der Waals surface area contributed by atoms with E-state index in [1.54, 1.807) is 6.07 Å². The molecule has 0 aromatic heterocycles. The number of ether oxygens (including phenoxy) is 4. The van der Waals surface area contributed by atoms with E-state index in [9.17, 15) is 9.59 Å². The lowest BCUT2D eigenvalue weighted by Gasteiger charge is -2.39. The number of methoxy groups -OCH3 is 2. The summed E-state index contributed by atoms with van der Waals surface area (Å²) in [6.45, 7) is 6.03. The molecule has 28 heavy (non-hydrogen) atoms. The van der Waals surface area contributed by atoms with E-state index in [-0.39, 0.29) is 34.3 Å². The summed E-state index contributed by atoms with van der Waals surface area (Å²) in [6, 6.07) is 1.57. The molecule has 0 saturated heterocycles. The molecule has 1 heterocycles. The number of Topliss-reactive ketones (excluding diaryl/α,β-unsaturated/α-hetero) is 2. The van der Waals surface area contributed by atoms with E-state index in [1.165, 1.54) is 14.2 Å². The van der Waals surface area contributed by atoms with Crippen molar-refractivity contribution in [2.45, 2.75) is 45.6 Å². The highest BCUT2D eigenvalue weighted by atomic mass is 35.5. The second-order valence-electron chi connectivity index (χ2n) is 7.00. The highest BCUT2D eigenvalue weighted by Gasteiger charge is 2.61. The van der Waals surface area contributed by atoms with Gasteiger partial charge in [-0.15, -0.1) is 0 Å². The number of benzene rings is 1. The zero-order chi connectivity index (χ0) is 20.6. The summed E-state index contributed by atoms with van der Waals surface area (Å²) >= 11 is 6.47. The van der Waals surface area contributed by atoms with Gasteiger partial charge in [0.05, 0.1) is 20.8 Å². The average Bonchev–Trinajstić information content (AvgIpc) is 2.99. The van der Waals surface area contributed by atoms with E-state index in [0.717, 1.165) is 6.42 Å². The summed E-state index contributed by atoms with van der Waals surface area (Å²) < 4.78 is 23.0. The van der Waals surface area contributed by atoms with Gasteiger partial charge >= 0.3 is 0 Å². The molecule has 7 heteroatoms. The number of hydrogen-bond donors (Lipinski definition) is 0. The zero-order valence-corrected chi connectivity index (χ0v) is 17.6. The zero-order valence-electron chi connectivity index (χ0n) is 16.8. The molecule has 1 aliphatic heterocycles. The summed E-state index contributed by atoms with van der Waals surface area (Å²) in [5, 5.41) is 0.195. The molecule has 1 aromatic rings. The van der Waals surface area contributed by atoms with Crippen molar-refractivity contribution in [3.8, 4) is 17.2 Å². The molecular weight excluding hydrogens is 384 g/mol. The Morgan fingerprint density at radius 1 is 1.21 bits per heavy atom. The number of halogens is 1. The lowest BCUT2D eigenvalue weighted by atomic mass is 9.72. The van der Waals surface area contributed by atoms with Gasteiger partial charge in [0.2, 0.25) is 11.4 Å². The Labute approximate surface area is 169 Å². The van der Waals surface area contributed by atoms with Crippen LogP contribution in [0.2, 0.25) is 5.02 Å². The van der Waals surface area contributed by atoms with E-state index in [1.807, 2.05) is 20.8 Å². The van der Waals surface area contributed by atoms with E-state index in [0.29, 0.717) is 35.9 Å². The summed E-state index contributed by atoms with van der Waals surface area (Å²) in [7, 11) is 2.95. The van der Waals surface area contributed by atoms with Crippen LogP contribution >= 0.6 is 11.6 Å². The first-order valence-corrected chi connectivity index (χ1v) is 9.82. The van der Waals surface area contributed by atoms with Crippen molar-refractivity contribution in [2.24, 2.45) is 5.92 Å². The molecule has 1 aromatic carbocycles. The van der Waals surface area contributed by atoms with E-state index in [2.05, 4.69) is 0 Å². The van der Waals surface area contributed by atoms with Gasteiger partial charge in [-0.05, 0) is 12.8 Å². The Kier molecular flexibility index (Phi) is 5.62. The normalized spacial score (nSPS) is 23.7. The van der Waals surface area contributed by atoms with E-state index in [4.69, 9.17) is 30.5 Å².